The molecule has 168 valence electrons. The zero-order valence-electron chi connectivity index (χ0n) is 19.8. The van der Waals surface area contributed by atoms with E-state index in [9.17, 15) is 0 Å². The summed E-state index contributed by atoms with van der Waals surface area (Å²) < 4.78 is 7.07. The summed E-state index contributed by atoms with van der Waals surface area (Å²) in [5.41, 5.74) is 23.0. The highest BCUT2D eigenvalue weighted by molar-refractivity contribution is 5.56. The number of nitrogen functional groups attached to an aromatic ring is 2. The van der Waals surface area contributed by atoms with E-state index in [0.29, 0.717) is 0 Å². The molecule has 4 aromatic carbocycles. The molecule has 0 aromatic heterocycles. The van der Waals surface area contributed by atoms with Gasteiger partial charge in [0.2, 0.25) is 0 Å². The number of aryl methyl sites for hydroxylation is 2. The lowest BCUT2D eigenvalue weighted by Crippen LogP contribution is -2.16. The molecule has 0 radical (unpaired) electrons. The first-order valence-corrected chi connectivity index (χ1v) is 11.3. The summed E-state index contributed by atoms with van der Waals surface area (Å²) >= 11 is 0. The Morgan fingerprint density at radius 1 is 0.545 bits per heavy atom. The largest absolute Gasteiger partial charge is 0.398 e. The highest BCUT2D eigenvalue weighted by Crippen LogP contribution is 2.40. The van der Waals surface area contributed by atoms with Gasteiger partial charge in [0, 0.05) is 11.4 Å². The molecule has 4 aromatic rings. The standard InChI is InChI=1S/C30H32N2O/c1-19-15-25(21(3)27(31)17-19)29(23-11-7-5-8-12-23)33-30(24-13-9-6-10-14-24)26-16-20(2)18-28(32)22(26)4/h5-18,29-30H,31-32H2,1-4H3. The topological polar surface area (TPSA) is 61.3 Å². The maximum atomic E-state index is 7.07. The van der Waals surface area contributed by atoms with Gasteiger partial charge in [0.15, 0.2) is 0 Å². The van der Waals surface area contributed by atoms with Crippen LogP contribution in [0, 0.1) is 27.7 Å². The van der Waals surface area contributed by atoms with Crippen molar-refractivity contribution in [2.45, 2.75) is 39.9 Å². The predicted octanol–water partition coefficient (Wildman–Crippen LogP) is 6.98. The smallest absolute Gasteiger partial charge is 0.109 e. The highest BCUT2D eigenvalue weighted by Gasteiger charge is 2.26. The van der Waals surface area contributed by atoms with Crippen LogP contribution >= 0.6 is 0 Å². The molecule has 3 heteroatoms. The minimum absolute atomic E-state index is 0.292. The Balaban J connectivity index is 1.91. The van der Waals surface area contributed by atoms with Gasteiger partial charge in [-0.05, 0) is 84.3 Å². The SMILES string of the molecule is Cc1cc(N)c(C)c(C(OC(c2ccccc2)c2cc(C)cc(N)c2C)c2ccccc2)c1. The van der Waals surface area contributed by atoms with Gasteiger partial charge in [0.25, 0.3) is 0 Å². The number of ether oxygens (including phenoxy) is 1. The van der Waals surface area contributed by atoms with Gasteiger partial charge in [0.05, 0.1) is 0 Å². The molecule has 4 N–H and O–H groups in total. The van der Waals surface area contributed by atoms with Crippen LogP contribution in [-0.4, -0.2) is 0 Å². The quantitative estimate of drug-likeness (QED) is 0.321. The molecule has 3 nitrogen and oxygen atoms in total. The second-order valence-corrected chi connectivity index (χ2v) is 8.85. The molecule has 0 heterocycles. The summed E-state index contributed by atoms with van der Waals surface area (Å²) in [6.07, 6.45) is -0.584. The average Bonchev–Trinajstić information content (AvgIpc) is 2.81. The van der Waals surface area contributed by atoms with Gasteiger partial charge >= 0.3 is 0 Å². The normalized spacial score (nSPS) is 13.0. The molecule has 0 bridgehead atoms. The minimum atomic E-state index is -0.292. The van der Waals surface area contributed by atoms with Gasteiger partial charge in [-0.2, -0.15) is 0 Å². The summed E-state index contributed by atoms with van der Waals surface area (Å²) in [4.78, 5) is 0. The predicted molar refractivity (Wildman–Crippen MR) is 138 cm³/mol. The fourth-order valence-corrected chi connectivity index (χ4v) is 4.43. The Bertz CT molecular complexity index is 1150. The zero-order chi connectivity index (χ0) is 23.5. The van der Waals surface area contributed by atoms with Crippen molar-refractivity contribution in [3.63, 3.8) is 0 Å². The van der Waals surface area contributed by atoms with Crippen LogP contribution in [0.1, 0.15) is 56.7 Å². The van der Waals surface area contributed by atoms with E-state index in [4.69, 9.17) is 16.2 Å². The van der Waals surface area contributed by atoms with E-state index in [0.717, 1.165) is 55.9 Å². The van der Waals surface area contributed by atoms with Crippen molar-refractivity contribution in [1.29, 1.82) is 0 Å². The van der Waals surface area contributed by atoms with Crippen LogP contribution in [0.5, 0.6) is 0 Å². The number of hydrogen-bond acceptors (Lipinski definition) is 3. The molecule has 0 saturated heterocycles. The first-order chi connectivity index (χ1) is 15.8. The van der Waals surface area contributed by atoms with Gasteiger partial charge in [0.1, 0.15) is 12.2 Å². The van der Waals surface area contributed by atoms with E-state index >= 15 is 0 Å². The maximum absolute atomic E-state index is 7.07. The van der Waals surface area contributed by atoms with Crippen molar-refractivity contribution >= 4 is 11.4 Å². The maximum Gasteiger partial charge on any atom is 0.109 e. The van der Waals surface area contributed by atoms with Gasteiger partial charge in [-0.15, -0.1) is 0 Å². The first kappa shape index (κ1) is 22.6. The summed E-state index contributed by atoms with van der Waals surface area (Å²) in [6, 6.07) is 29.1. The lowest BCUT2D eigenvalue weighted by Gasteiger charge is -2.29. The Hall–Kier alpha value is -3.56. The molecule has 2 unspecified atom stereocenters. The van der Waals surface area contributed by atoms with Crippen LogP contribution < -0.4 is 11.5 Å². The van der Waals surface area contributed by atoms with E-state index in [1.54, 1.807) is 0 Å². The lowest BCUT2D eigenvalue weighted by atomic mass is 9.91. The Morgan fingerprint density at radius 3 is 1.27 bits per heavy atom. The van der Waals surface area contributed by atoms with Crippen LogP contribution in [0.3, 0.4) is 0 Å². The fourth-order valence-electron chi connectivity index (χ4n) is 4.43. The van der Waals surface area contributed by atoms with Crippen molar-refractivity contribution in [3.05, 3.63) is 129 Å². The molecule has 0 amide bonds. The van der Waals surface area contributed by atoms with E-state index in [2.05, 4.69) is 64.1 Å². The second-order valence-electron chi connectivity index (χ2n) is 8.85. The number of benzene rings is 4. The summed E-state index contributed by atoms with van der Waals surface area (Å²) in [6.45, 7) is 8.27. The van der Waals surface area contributed by atoms with Gasteiger partial charge in [-0.3, -0.25) is 0 Å². The monoisotopic (exact) mass is 436 g/mol. The van der Waals surface area contributed by atoms with E-state index < -0.39 is 0 Å². The van der Waals surface area contributed by atoms with E-state index in [1.165, 1.54) is 0 Å². The average molecular weight is 437 g/mol. The van der Waals surface area contributed by atoms with Crippen LogP contribution in [0.4, 0.5) is 11.4 Å². The van der Waals surface area contributed by atoms with Crippen molar-refractivity contribution in [1.82, 2.24) is 0 Å². The van der Waals surface area contributed by atoms with Gasteiger partial charge < -0.3 is 16.2 Å². The molecule has 0 aliphatic carbocycles. The van der Waals surface area contributed by atoms with Gasteiger partial charge in [-0.25, -0.2) is 0 Å². The summed E-state index contributed by atoms with van der Waals surface area (Å²) in [5, 5.41) is 0. The molecule has 0 spiro atoms. The Kier molecular flexibility index (Phi) is 6.52. The van der Waals surface area contributed by atoms with E-state index in [-0.39, 0.29) is 12.2 Å². The highest BCUT2D eigenvalue weighted by atomic mass is 16.5. The third-order valence-electron chi connectivity index (χ3n) is 6.31. The molecule has 0 aliphatic heterocycles. The van der Waals surface area contributed by atoms with Crippen LogP contribution in [0.25, 0.3) is 0 Å². The molecule has 33 heavy (non-hydrogen) atoms. The molecule has 2 atom stereocenters. The number of anilines is 2. The molecule has 0 fully saturated rings. The van der Waals surface area contributed by atoms with Crippen LogP contribution in [-0.2, 0) is 4.74 Å². The fraction of sp³-hybridized carbons (Fsp3) is 0.200. The van der Waals surface area contributed by atoms with Crippen molar-refractivity contribution in [3.8, 4) is 0 Å². The third kappa shape index (κ3) is 4.79. The molecule has 0 aliphatic rings. The molecular weight excluding hydrogens is 404 g/mol. The summed E-state index contributed by atoms with van der Waals surface area (Å²) in [5.74, 6) is 0. The third-order valence-corrected chi connectivity index (χ3v) is 6.31. The first-order valence-electron chi connectivity index (χ1n) is 11.3. The molecule has 0 saturated carbocycles. The Morgan fingerprint density at radius 2 is 0.909 bits per heavy atom. The lowest BCUT2D eigenvalue weighted by molar-refractivity contribution is 0.0302. The van der Waals surface area contributed by atoms with Gasteiger partial charge in [-0.1, -0.05) is 72.8 Å². The van der Waals surface area contributed by atoms with Crippen molar-refractivity contribution in [2.24, 2.45) is 0 Å². The number of nitrogens with two attached hydrogens (primary N) is 2. The molecule has 4 rings (SSSR count). The number of rotatable bonds is 6. The minimum Gasteiger partial charge on any atom is -0.398 e. The van der Waals surface area contributed by atoms with Crippen molar-refractivity contribution in [2.75, 3.05) is 11.5 Å². The second kappa shape index (κ2) is 9.51. The number of hydrogen-bond donors (Lipinski definition) is 2. The van der Waals surface area contributed by atoms with Crippen LogP contribution in [0.15, 0.2) is 84.9 Å². The summed E-state index contributed by atoms with van der Waals surface area (Å²) in [7, 11) is 0. The van der Waals surface area contributed by atoms with Crippen molar-refractivity contribution < 1.29 is 4.74 Å². The Labute approximate surface area is 197 Å². The molecular formula is C30H32N2O. The van der Waals surface area contributed by atoms with E-state index in [1.807, 2.05) is 48.5 Å². The zero-order valence-corrected chi connectivity index (χ0v) is 19.8. The van der Waals surface area contributed by atoms with Crippen LogP contribution in [0.2, 0.25) is 0 Å².